The minimum atomic E-state index is -0.176. The number of rotatable bonds is 3. The van der Waals surface area contributed by atoms with Crippen LogP contribution in [-0.2, 0) is 4.79 Å². The molecule has 0 unspecified atom stereocenters. The molecule has 0 aliphatic carbocycles. The average Bonchev–Trinajstić information content (AvgIpc) is 2.43. The number of carbonyl (C=O) groups excluding carboxylic acids is 1. The fraction of sp³-hybridized carbons (Fsp3) is 0.200. The molecule has 0 radical (unpaired) electrons. The predicted molar refractivity (Wildman–Crippen MR) is 76.5 cm³/mol. The van der Waals surface area contributed by atoms with E-state index in [0.717, 1.165) is 27.8 Å². The quantitative estimate of drug-likeness (QED) is 0.678. The van der Waals surface area contributed by atoms with E-state index < -0.39 is 0 Å². The van der Waals surface area contributed by atoms with Gasteiger partial charge in [-0.25, -0.2) is 5.43 Å². The number of fused-ring (bicyclic) bond motifs is 1. The van der Waals surface area contributed by atoms with Crippen LogP contribution in [0, 0.1) is 0 Å². The van der Waals surface area contributed by atoms with Gasteiger partial charge in [0.1, 0.15) is 5.75 Å². The third-order valence-electron chi connectivity index (χ3n) is 2.85. The van der Waals surface area contributed by atoms with Crippen LogP contribution < -0.4 is 10.2 Å². The first kappa shape index (κ1) is 13.1. The Bertz CT molecular complexity index is 648. The molecule has 19 heavy (non-hydrogen) atoms. The molecule has 0 atom stereocenters. The number of benzene rings is 2. The zero-order valence-electron chi connectivity index (χ0n) is 11.2. The lowest BCUT2D eigenvalue weighted by Crippen LogP contribution is -2.14. The molecule has 0 spiro atoms. The van der Waals surface area contributed by atoms with Gasteiger partial charge in [-0.15, -0.1) is 0 Å². The van der Waals surface area contributed by atoms with Crippen LogP contribution in [0.15, 0.2) is 41.5 Å². The fourth-order valence-corrected chi connectivity index (χ4v) is 1.80. The van der Waals surface area contributed by atoms with Gasteiger partial charge in [-0.05, 0) is 41.5 Å². The first-order chi connectivity index (χ1) is 9.10. The zero-order valence-corrected chi connectivity index (χ0v) is 11.2. The number of hydrogen-bond donors (Lipinski definition) is 1. The summed E-state index contributed by atoms with van der Waals surface area (Å²) in [4.78, 5) is 10.8. The van der Waals surface area contributed by atoms with E-state index in [0.29, 0.717) is 0 Å². The number of ether oxygens (including phenoxy) is 1. The van der Waals surface area contributed by atoms with Crippen molar-refractivity contribution in [2.24, 2.45) is 5.10 Å². The summed E-state index contributed by atoms with van der Waals surface area (Å²) in [6.45, 7) is 3.30. The lowest BCUT2D eigenvalue weighted by Gasteiger charge is -2.05. The summed E-state index contributed by atoms with van der Waals surface area (Å²) in [5, 5.41) is 6.24. The minimum absolute atomic E-state index is 0.176. The molecule has 1 amide bonds. The van der Waals surface area contributed by atoms with E-state index in [2.05, 4.69) is 10.5 Å². The van der Waals surface area contributed by atoms with Crippen molar-refractivity contribution in [1.82, 2.24) is 5.43 Å². The fourth-order valence-electron chi connectivity index (χ4n) is 1.80. The highest BCUT2D eigenvalue weighted by atomic mass is 16.5. The molecular weight excluding hydrogens is 240 g/mol. The summed E-state index contributed by atoms with van der Waals surface area (Å²) in [6.07, 6.45) is 0. The Hall–Kier alpha value is -2.36. The summed E-state index contributed by atoms with van der Waals surface area (Å²) in [5.41, 5.74) is 4.19. The van der Waals surface area contributed by atoms with Gasteiger partial charge in [-0.2, -0.15) is 5.10 Å². The second-order valence-corrected chi connectivity index (χ2v) is 4.29. The highest BCUT2D eigenvalue weighted by molar-refractivity contribution is 6.02. The standard InChI is InChI=1S/C15H16N2O2/c1-10(16-17-11(2)18)12-4-5-14-9-15(19-3)7-6-13(14)8-12/h4-9H,1-3H3,(H,17,18)/b16-10-. The van der Waals surface area contributed by atoms with Gasteiger partial charge in [0.2, 0.25) is 5.91 Å². The van der Waals surface area contributed by atoms with Crippen LogP contribution in [0.25, 0.3) is 10.8 Å². The Kier molecular flexibility index (Phi) is 3.80. The molecule has 2 aromatic carbocycles. The molecule has 0 aromatic heterocycles. The summed E-state index contributed by atoms with van der Waals surface area (Å²) >= 11 is 0. The van der Waals surface area contributed by atoms with Gasteiger partial charge < -0.3 is 4.74 Å². The van der Waals surface area contributed by atoms with Crippen LogP contribution in [0.4, 0.5) is 0 Å². The number of nitrogens with zero attached hydrogens (tertiary/aromatic N) is 1. The van der Waals surface area contributed by atoms with Crippen LogP contribution in [0.3, 0.4) is 0 Å². The van der Waals surface area contributed by atoms with E-state index in [9.17, 15) is 4.79 Å². The van der Waals surface area contributed by atoms with Gasteiger partial charge in [0, 0.05) is 6.92 Å². The normalized spacial score (nSPS) is 11.4. The topological polar surface area (TPSA) is 50.7 Å². The van der Waals surface area contributed by atoms with E-state index in [1.54, 1.807) is 7.11 Å². The molecule has 0 saturated carbocycles. The highest BCUT2D eigenvalue weighted by Crippen LogP contribution is 2.22. The maximum Gasteiger partial charge on any atom is 0.236 e. The van der Waals surface area contributed by atoms with Gasteiger partial charge in [0.05, 0.1) is 12.8 Å². The number of hydrogen-bond acceptors (Lipinski definition) is 3. The molecule has 4 heteroatoms. The molecular formula is C15H16N2O2. The number of nitrogens with one attached hydrogen (secondary N) is 1. The molecule has 0 heterocycles. The van der Waals surface area contributed by atoms with Gasteiger partial charge >= 0.3 is 0 Å². The van der Waals surface area contributed by atoms with Crippen molar-refractivity contribution in [2.45, 2.75) is 13.8 Å². The molecule has 0 aliphatic heterocycles. The second-order valence-electron chi connectivity index (χ2n) is 4.29. The van der Waals surface area contributed by atoms with Crippen molar-refractivity contribution in [3.63, 3.8) is 0 Å². The van der Waals surface area contributed by atoms with E-state index in [1.807, 2.05) is 43.3 Å². The molecule has 2 aromatic rings. The van der Waals surface area contributed by atoms with Crippen LogP contribution in [-0.4, -0.2) is 18.7 Å². The molecule has 0 aliphatic rings. The Balaban J connectivity index is 2.36. The van der Waals surface area contributed by atoms with Crippen molar-refractivity contribution < 1.29 is 9.53 Å². The summed E-state index contributed by atoms with van der Waals surface area (Å²) in [6, 6.07) is 11.9. The first-order valence-electron chi connectivity index (χ1n) is 5.99. The van der Waals surface area contributed by atoms with Crippen LogP contribution in [0.5, 0.6) is 5.75 Å². The molecule has 98 valence electrons. The molecule has 2 rings (SSSR count). The minimum Gasteiger partial charge on any atom is -0.497 e. The van der Waals surface area contributed by atoms with Gasteiger partial charge in [-0.1, -0.05) is 18.2 Å². The van der Waals surface area contributed by atoms with Crippen molar-refractivity contribution in [2.75, 3.05) is 7.11 Å². The van der Waals surface area contributed by atoms with E-state index in [-0.39, 0.29) is 5.91 Å². The lowest BCUT2D eigenvalue weighted by molar-refractivity contribution is -0.118. The Morgan fingerprint density at radius 3 is 2.47 bits per heavy atom. The second kappa shape index (κ2) is 5.52. The molecule has 0 fully saturated rings. The van der Waals surface area contributed by atoms with E-state index in [4.69, 9.17) is 4.74 Å². The van der Waals surface area contributed by atoms with Crippen LogP contribution in [0.2, 0.25) is 0 Å². The molecule has 0 bridgehead atoms. The zero-order chi connectivity index (χ0) is 13.8. The van der Waals surface area contributed by atoms with Crippen molar-refractivity contribution >= 4 is 22.4 Å². The Morgan fingerprint density at radius 2 is 1.79 bits per heavy atom. The Labute approximate surface area is 112 Å². The van der Waals surface area contributed by atoms with Crippen molar-refractivity contribution in [1.29, 1.82) is 0 Å². The molecule has 1 N–H and O–H groups in total. The van der Waals surface area contributed by atoms with E-state index >= 15 is 0 Å². The van der Waals surface area contributed by atoms with Crippen molar-refractivity contribution in [3.05, 3.63) is 42.0 Å². The molecule has 0 saturated heterocycles. The van der Waals surface area contributed by atoms with Gasteiger partial charge in [-0.3, -0.25) is 4.79 Å². The largest absolute Gasteiger partial charge is 0.497 e. The van der Waals surface area contributed by atoms with Gasteiger partial charge in [0.25, 0.3) is 0 Å². The number of carbonyl (C=O) groups is 1. The lowest BCUT2D eigenvalue weighted by atomic mass is 10.0. The third kappa shape index (κ3) is 3.10. The van der Waals surface area contributed by atoms with E-state index in [1.165, 1.54) is 6.92 Å². The highest BCUT2D eigenvalue weighted by Gasteiger charge is 2.01. The number of methoxy groups -OCH3 is 1. The predicted octanol–water partition coefficient (Wildman–Crippen LogP) is 2.71. The van der Waals surface area contributed by atoms with Crippen LogP contribution in [0.1, 0.15) is 19.4 Å². The third-order valence-corrected chi connectivity index (χ3v) is 2.85. The first-order valence-corrected chi connectivity index (χ1v) is 5.99. The maximum atomic E-state index is 10.8. The Morgan fingerprint density at radius 1 is 1.11 bits per heavy atom. The van der Waals surface area contributed by atoms with Crippen LogP contribution >= 0.6 is 0 Å². The monoisotopic (exact) mass is 256 g/mol. The SMILES string of the molecule is COc1ccc2cc(/C(C)=N\NC(C)=O)ccc2c1. The smallest absolute Gasteiger partial charge is 0.236 e. The summed E-state index contributed by atoms with van der Waals surface area (Å²) < 4.78 is 5.19. The number of hydrazone groups is 1. The van der Waals surface area contributed by atoms with Gasteiger partial charge in [0.15, 0.2) is 0 Å². The number of amides is 1. The summed E-state index contributed by atoms with van der Waals surface area (Å²) in [5.74, 6) is 0.661. The molecule has 4 nitrogen and oxygen atoms in total. The average molecular weight is 256 g/mol. The van der Waals surface area contributed by atoms with Crippen molar-refractivity contribution in [3.8, 4) is 5.75 Å². The summed E-state index contributed by atoms with van der Waals surface area (Å²) in [7, 11) is 1.65. The maximum absolute atomic E-state index is 10.8.